The van der Waals surface area contributed by atoms with Crippen LogP contribution in [0.25, 0.3) is 0 Å². The average molecular weight is 404 g/mol. The van der Waals surface area contributed by atoms with Gasteiger partial charge in [0.25, 0.3) is 5.91 Å². The maximum absolute atomic E-state index is 12.5. The van der Waals surface area contributed by atoms with Gasteiger partial charge in [0.15, 0.2) is 0 Å². The summed E-state index contributed by atoms with van der Waals surface area (Å²) in [4.78, 5) is 28.6. The van der Waals surface area contributed by atoms with Crippen molar-refractivity contribution < 1.29 is 14.3 Å². The predicted octanol–water partition coefficient (Wildman–Crippen LogP) is 1.14. The van der Waals surface area contributed by atoms with Crippen molar-refractivity contribution in [3.8, 4) is 0 Å². The second-order valence-corrected chi connectivity index (χ2v) is 8.75. The molecule has 3 aliphatic rings. The number of nitrogens with one attached hydrogen (secondary N) is 1. The van der Waals surface area contributed by atoms with Gasteiger partial charge in [-0.1, -0.05) is 13.8 Å². The quantitative estimate of drug-likeness (QED) is 0.798. The second-order valence-electron chi connectivity index (χ2n) is 8.75. The van der Waals surface area contributed by atoms with E-state index in [0.717, 1.165) is 69.8 Å². The Hall–Kier alpha value is -1.93. The minimum atomic E-state index is -0.210. The number of hydrogen-bond acceptors (Lipinski definition) is 5. The van der Waals surface area contributed by atoms with E-state index in [4.69, 9.17) is 9.84 Å². The highest BCUT2D eigenvalue weighted by molar-refractivity contribution is 5.81. The summed E-state index contributed by atoms with van der Waals surface area (Å²) in [5, 5.41) is 8.31. The highest BCUT2D eigenvalue weighted by Gasteiger charge is 2.31. The Morgan fingerprint density at radius 3 is 2.66 bits per heavy atom. The molecule has 0 radical (unpaired) electrons. The molecule has 2 saturated heterocycles. The third-order valence-corrected chi connectivity index (χ3v) is 6.24. The second kappa shape index (κ2) is 8.83. The van der Waals surface area contributed by atoms with Gasteiger partial charge in [0.1, 0.15) is 6.10 Å². The number of carbonyl (C=O) groups excluding carboxylic acids is 2. The molecule has 0 bridgehead atoms. The standard InChI is InChI=1S/C21H33N5O3/c1-15(2)20(27)25-9-10-26-18(14-25)12-17(23-26)13-22-16-5-7-24(8-6-16)21(28)19-4-3-11-29-19/h12,15-16,19,22H,3-11,13-14H2,1-2H3/t19-/m1/s1. The summed E-state index contributed by atoms with van der Waals surface area (Å²) >= 11 is 0. The lowest BCUT2D eigenvalue weighted by Crippen LogP contribution is -2.47. The molecule has 8 nitrogen and oxygen atoms in total. The highest BCUT2D eigenvalue weighted by Crippen LogP contribution is 2.19. The average Bonchev–Trinajstić information content (AvgIpc) is 3.40. The maximum Gasteiger partial charge on any atom is 0.251 e. The van der Waals surface area contributed by atoms with Crippen LogP contribution in [0.15, 0.2) is 6.07 Å². The van der Waals surface area contributed by atoms with Crippen LogP contribution in [-0.4, -0.2) is 69.8 Å². The number of hydrogen-bond donors (Lipinski definition) is 1. The normalized spacial score (nSPS) is 22.9. The Bertz CT molecular complexity index is 733. The molecule has 29 heavy (non-hydrogen) atoms. The molecule has 3 aliphatic heterocycles. The zero-order chi connectivity index (χ0) is 20.4. The third kappa shape index (κ3) is 4.64. The minimum Gasteiger partial charge on any atom is -0.368 e. The van der Waals surface area contributed by atoms with E-state index in [1.807, 2.05) is 28.3 Å². The molecule has 8 heteroatoms. The van der Waals surface area contributed by atoms with E-state index in [-0.39, 0.29) is 23.8 Å². The molecule has 0 spiro atoms. The number of likely N-dealkylation sites (tertiary alicyclic amines) is 1. The maximum atomic E-state index is 12.5. The van der Waals surface area contributed by atoms with E-state index in [1.165, 1.54) is 0 Å². The van der Waals surface area contributed by atoms with Crippen molar-refractivity contribution in [3.63, 3.8) is 0 Å². The van der Waals surface area contributed by atoms with Gasteiger partial charge >= 0.3 is 0 Å². The number of amides is 2. The van der Waals surface area contributed by atoms with E-state index in [9.17, 15) is 9.59 Å². The van der Waals surface area contributed by atoms with E-state index in [1.54, 1.807) is 0 Å². The Labute approximate surface area is 172 Å². The molecular formula is C21H33N5O3. The summed E-state index contributed by atoms with van der Waals surface area (Å²) in [5.41, 5.74) is 2.13. The van der Waals surface area contributed by atoms with Crippen molar-refractivity contribution in [2.75, 3.05) is 26.2 Å². The number of nitrogens with zero attached hydrogens (tertiary/aromatic N) is 4. The first-order chi connectivity index (χ1) is 14.0. The lowest BCUT2D eigenvalue weighted by molar-refractivity contribution is -0.142. The number of fused-ring (bicyclic) bond motifs is 1. The van der Waals surface area contributed by atoms with Gasteiger partial charge in [-0.15, -0.1) is 0 Å². The van der Waals surface area contributed by atoms with Gasteiger partial charge in [0, 0.05) is 44.7 Å². The molecule has 0 unspecified atom stereocenters. The molecule has 1 N–H and O–H groups in total. The Kier molecular flexibility index (Phi) is 6.20. The first-order valence-corrected chi connectivity index (χ1v) is 11.0. The molecule has 4 heterocycles. The SMILES string of the molecule is CC(C)C(=O)N1CCn2nc(CNC3CCN(C(=O)[C@H]4CCCO4)CC3)cc2C1. The number of rotatable bonds is 5. The molecular weight excluding hydrogens is 370 g/mol. The van der Waals surface area contributed by atoms with Crippen molar-refractivity contribution in [2.24, 2.45) is 5.92 Å². The van der Waals surface area contributed by atoms with Crippen LogP contribution in [-0.2, 0) is 34.0 Å². The van der Waals surface area contributed by atoms with Crippen molar-refractivity contribution in [3.05, 3.63) is 17.5 Å². The predicted molar refractivity (Wildman–Crippen MR) is 108 cm³/mol. The molecule has 0 aliphatic carbocycles. The van der Waals surface area contributed by atoms with Crippen molar-refractivity contribution >= 4 is 11.8 Å². The van der Waals surface area contributed by atoms with Crippen molar-refractivity contribution in [1.29, 1.82) is 0 Å². The van der Waals surface area contributed by atoms with Gasteiger partial charge in [0.05, 0.1) is 24.5 Å². The zero-order valence-corrected chi connectivity index (χ0v) is 17.6. The summed E-state index contributed by atoms with van der Waals surface area (Å²) in [6.07, 6.45) is 3.57. The van der Waals surface area contributed by atoms with E-state index < -0.39 is 0 Å². The van der Waals surface area contributed by atoms with Gasteiger partial charge in [-0.3, -0.25) is 14.3 Å². The Morgan fingerprint density at radius 1 is 1.17 bits per heavy atom. The fourth-order valence-electron chi connectivity index (χ4n) is 4.49. The van der Waals surface area contributed by atoms with Crippen LogP contribution < -0.4 is 5.32 Å². The fraction of sp³-hybridized carbons (Fsp3) is 0.762. The number of carbonyl (C=O) groups is 2. The molecule has 0 aromatic carbocycles. The van der Waals surface area contributed by atoms with Gasteiger partial charge < -0.3 is 19.9 Å². The summed E-state index contributed by atoms with van der Waals surface area (Å²) < 4.78 is 7.57. The Morgan fingerprint density at radius 2 is 1.97 bits per heavy atom. The summed E-state index contributed by atoms with van der Waals surface area (Å²) in [5.74, 6) is 0.410. The lowest BCUT2D eigenvalue weighted by atomic mass is 10.0. The fourth-order valence-corrected chi connectivity index (χ4v) is 4.49. The van der Waals surface area contributed by atoms with Crippen LogP contribution in [0.4, 0.5) is 0 Å². The summed E-state index contributed by atoms with van der Waals surface area (Å²) in [6, 6.07) is 2.52. The molecule has 4 rings (SSSR count). The van der Waals surface area contributed by atoms with Crippen LogP contribution in [0, 0.1) is 5.92 Å². The topological polar surface area (TPSA) is 79.7 Å². The molecule has 0 saturated carbocycles. The van der Waals surface area contributed by atoms with E-state index in [0.29, 0.717) is 19.2 Å². The van der Waals surface area contributed by atoms with Gasteiger partial charge in [-0.05, 0) is 31.7 Å². The van der Waals surface area contributed by atoms with Gasteiger partial charge in [-0.2, -0.15) is 5.10 Å². The molecule has 160 valence electrons. The number of ether oxygens (including phenoxy) is 1. The first-order valence-electron chi connectivity index (χ1n) is 11.0. The summed E-state index contributed by atoms with van der Waals surface area (Å²) in [7, 11) is 0. The molecule has 1 atom stereocenters. The van der Waals surface area contributed by atoms with Crippen LogP contribution in [0.5, 0.6) is 0 Å². The van der Waals surface area contributed by atoms with Crippen molar-refractivity contribution in [1.82, 2.24) is 24.9 Å². The largest absolute Gasteiger partial charge is 0.368 e. The van der Waals surface area contributed by atoms with E-state index in [2.05, 4.69) is 11.4 Å². The number of aromatic nitrogens is 2. The third-order valence-electron chi connectivity index (χ3n) is 6.24. The number of piperidine rings is 1. The Balaban J connectivity index is 1.24. The monoisotopic (exact) mass is 403 g/mol. The lowest BCUT2D eigenvalue weighted by Gasteiger charge is -2.33. The van der Waals surface area contributed by atoms with Crippen molar-refractivity contribution in [2.45, 2.75) is 71.3 Å². The first kappa shape index (κ1) is 20.3. The smallest absolute Gasteiger partial charge is 0.251 e. The van der Waals surface area contributed by atoms with Gasteiger partial charge in [0.2, 0.25) is 5.91 Å². The zero-order valence-electron chi connectivity index (χ0n) is 17.6. The van der Waals surface area contributed by atoms with E-state index >= 15 is 0 Å². The molecule has 1 aromatic rings. The van der Waals surface area contributed by atoms with Crippen LogP contribution in [0.2, 0.25) is 0 Å². The van der Waals surface area contributed by atoms with Crippen LogP contribution >= 0.6 is 0 Å². The van der Waals surface area contributed by atoms with Crippen LogP contribution in [0.1, 0.15) is 50.9 Å². The molecule has 2 amide bonds. The molecule has 2 fully saturated rings. The van der Waals surface area contributed by atoms with Gasteiger partial charge in [-0.25, -0.2) is 0 Å². The summed E-state index contributed by atoms with van der Waals surface area (Å²) in [6.45, 7) is 9.06. The molecule has 1 aromatic heterocycles. The minimum absolute atomic E-state index is 0.0311. The van der Waals surface area contributed by atoms with Crippen LogP contribution in [0.3, 0.4) is 0 Å². The highest BCUT2D eigenvalue weighted by atomic mass is 16.5.